The molecular weight excluding hydrogens is 308 g/mol. The van der Waals surface area contributed by atoms with Crippen LogP contribution < -0.4 is 10.5 Å². The molecule has 0 bridgehead atoms. The van der Waals surface area contributed by atoms with Gasteiger partial charge < -0.3 is 10.5 Å². The maximum atomic E-state index is 6.05. The second kappa shape index (κ2) is 5.30. The minimum Gasteiger partial charge on any atom is -0.493 e. The van der Waals surface area contributed by atoms with E-state index in [1.807, 2.05) is 24.1 Å². The fourth-order valence-corrected chi connectivity index (χ4v) is 4.57. The van der Waals surface area contributed by atoms with E-state index in [-0.39, 0.29) is 5.54 Å². The summed E-state index contributed by atoms with van der Waals surface area (Å²) in [5.74, 6) is 2.35. The van der Waals surface area contributed by atoms with E-state index >= 15 is 0 Å². The number of aliphatic imine (C=N–C) groups is 1. The minimum absolute atomic E-state index is 0.320. The maximum Gasteiger partial charge on any atom is 0.154 e. The van der Waals surface area contributed by atoms with Gasteiger partial charge in [-0.05, 0) is 31.0 Å². The summed E-state index contributed by atoms with van der Waals surface area (Å²) >= 11 is 1.65. The highest BCUT2D eigenvalue weighted by molar-refractivity contribution is 8.13. The number of hydrogen-bond acceptors (Lipinski definition) is 5. The summed E-state index contributed by atoms with van der Waals surface area (Å²) in [7, 11) is 1.93. The van der Waals surface area contributed by atoms with Crippen LogP contribution in [0.25, 0.3) is 11.1 Å². The van der Waals surface area contributed by atoms with Crippen LogP contribution in [0.1, 0.15) is 18.9 Å². The molecule has 2 aliphatic rings. The van der Waals surface area contributed by atoms with Crippen LogP contribution in [0.3, 0.4) is 0 Å². The van der Waals surface area contributed by atoms with Crippen molar-refractivity contribution < 1.29 is 4.74 Å². The van der Waals surface area contributed by atoms with Gasteiger partial charge in [-0.3, -0.25) is 9.67 Å². The van der Waals surface area contributed by atoms with E-state index in [4.69, 9.17) is 15.5 Å². The summed E-state index contributed by atoms with van der Waals surface area (Å²) in [5, 5.41) is 4.94. The van der Waals surface area contributed by atoms with Crippen molar-refractivity contribution in [2.75, 3.05) is 12.4 Å². The second-order valence-corrected chi connectivity index (χ2v) is 7.40. The van der Waals surface area contributed by atoms with Gasteiger partial charge in [0.25, 0.3) is 0 Å². The van der Waals surface area contributed by atoms with Crippen molar-refractivity contribution in [2.45, 2.75) is 18.9 Å². The molecule has 5 nitrogen and oxygen atoms in total. The number of nitrogens with two attached hydrogens (primary N) is 1. The quantitative estimate of drug-likeness (QED) is 0.874. The van der Waals surface area contributed by atoms with Gasteiger partial charge in [0.2, 0.25) is 0 Å². The number of hydrogen-bond donors (Lipinski definition) is 1. The fraction of sp³-hybridized carbons (Fsp3) is 0.412. The van der Waals surface area contributed by atoms with Crippen LogP contribution in [0.5, 0.6) is 5.75 Å². The zero-order valence-electron chi connectivity index (χ0n) is 13.3. The van der Waals surface area contributed by atoms with Crippen molar-refractivity contribution in [1.82, 2.24) is 9.78 Å². The standard InChI is InChI=1S/C17H20N4OS/c1-17-13(10-23-16(18)20-17)5-6-22-15-4-3-11(7-14(15)17)12-8-19-21(2)9-12/h3-4,7-9,13H,5-6,10H2,1-2H3,(H2,18,20)/t13-,17+/m1/s1. The lowest BCUT2D eigenvalue weighted by Crippen LogP contribution is -2.37. The van der Waals surface area contributed by atoms with Crippen molar-refractivity contribution >= 4 is 16.9 Å². The number of thioether (sulfide) groups is 1. The van der Waals surface area contributed by atoms with Crippen LogP contribution in [0.4, 0.5) is 0 Å². The minimum atomic E-state index is -0.320. The largest absolute Gasteiger partial charge is 0.493 e. The Morgan fingerprint density at radius 2 is 2.26 bits per heavy atom. The first-order valence-corrected chi connectivity index (χ1v) is 8.79. The van der Waals surface area contributed by atoms with E-state index in [1.54, 1.807) is 11.8 Å². The molecule has 6 heteroatoms. The highest BCUT2D eigenvalue weighted by atomic mass is 32.2. The van der Waals surface area contributed by atoms with Gasteiger partial charge in [0, 0.05) is 36.0 Å². The molecule has 3 heterocycles. The zero-order chi connectivity index (χ0) is 16.0. The SMILES string of the molecule is Cn1cc(-c2ccc3c(c2)[C@@]2(C)N=C(N)SC[C@H]2CCO3)cn1. The predicted molar refractivity (Wildman–Crippen MR) is 93.7 cm³/mol. The first-order chi connectivity index (χ1) is 11.1. The number of ether oxygens (including phenoxy) is 1. The molecule has 0 unspecified atom stereocenters. The third-order valence-electron chi connectivity index (χ3n) is 4.86. The lowest BCUT2D eigenvalue weighted by molar-refractivity contribution is 0.271. The third kappa shape index (κ3) is 2.41. The van der Waals surface area contributed by atoms with E-state index in [0.717, 1.165) is 41.2 Å². The summed E-state index contributed by atoms with van der Waals surface area (Å²) in [6, 6.07) is 6.33. The number of fused-ring (bicyclic) bond motifs is 3. The van der Waals surface area contributed by atoms with Crippen LogP contribution in [-0.4, -0.2) is 27.3 Å². The van der Waals surface area contributed by atoms with E-state index in [0.29, 0.717) is 11.1 Å². The van der Waals surface area contributed by atoms with Gasteiger partial charge in [-0.25, -0.2) is 0 Å². The molecule has 120 valence electrons. The molecular formula is C17H20N4OS. The third-order valence-corrected chi connectivity index (χ3v) is 5.81. The Kier molecular flexibility index (Phi) is 3.37. The molecule has 4 rings (SSSR count). The zero-order valence-corrected chi connectivity index (χ0v) is 14.1. The predicted octanol–water partition coefficient (Wildman–Crippen LogP) is 2.76. The Hall–Kier alpha value is -1.95. The molecule has 0 saturated heterocycles. The van der Waals surface area contributed by atoms with Gasteiger partial charge in [0.15, 0.2) is 5.17 Å². The molecule has 23 heavy (non-hydrogen) atoms. The number of aromatic nitrogens is 2. The summed E-state index contributed by atoms with van der Waals surface area (Å²) in [6.45, 7) is 2.92. The van der Waals surface area contributed by atoms with Gasteiger partial charge in [0.1, 0.15) is 5.75 Å². The Labute approximate surface area is 139 Å². The molecule has 2 aromatic rings. The van der Waals surface area contributed by atoms with Gasteiger partial charge in [-0.1, -0.05) is 17.8 Å². The first kappa shape index (κ1) is 14.6. The van der Waals surface area contributed by atoms with Gasteiger partial charge in [-0.2, -0.15) is 5.10 Å². The van der Waals surface area contributed by atoms with Crippen LogP contribution in [0.15, 0.2) is 35.6 Å². The van der Waals surface area contributed by atoms with Gasteiger partial charge in [0.05, 0.1) is 18.3 Å². The molecule has 0 aliphatic carbocycles. The smallest absolute Gasteiger partial charge is 0.154 e. The number of aryl methyl sites for hydroxylation is 1. The van der Waals surface area contributed by atoms with E-state index in [2.05, 4.69) is 30.2 Å². The normalized spacial score (nSPS) is 26.5. The molecule has 0 radical (unpaired) electrons. The van der Waals surface area contributed by atoms with Crippen molar-refractivity contribution in [3.63, 3.8) is 0 Å². The molecule has 2 atom stereocenters. The maximum absolute atomic E-state index is 6.05. The fourth-order valence-electron chi connectivity index (χ4n) is 3.46. The summed E-state index contributed by atoms with van der Waals surface area (Å²) < 4.78 is 7.81. The Morgan fingerprint density at radius 1 is 1.39 bits per heavy atom. The summed E-state index contributed by atoms with van der Waals surface area (Å²) in [6.07, 6.45) is 4.90. The molecule has 1 aromatic heterocycles. The topological polar surface area (TPSA) is 65.4 Å². The molecule has 2 N–H and O–H groups in total. The molecule has 0 spiro atoms. The van der Waals surface area contributed by atoms with Crippen LogP contribution in [-0.2, 0) is 12.6 Å². The first-order valence-electron chi connectivity index (χ1n) is 7.81. The number of nitrogens with zero attached hydrogens (tertiary/aromatic N) is 3. The van der Waals surface area contributed by atoms with Crippen LogP contribution in [0.2, 0.25) is 0 Å². The van der Waals surface area contributed by atoms with Crippen LogP contribution in [0, 0.1) is 5.92 Å². The molecule has 0 saturated carbocycles. The molecule has 0 fully saturated rings. The van der Waals surface area contributed by atoms with Crippen molar-refractivity contribution in [3.05, 3.63) is 36.2 Å². The highest BCUT2D eigenvalue weighted by Gasteiger charge is 2.42. The van der Waals surface area contributed by atoms with Crippen molar-refractivity contribution in [1.29, 1.82) is 0 Å². The second-order valence-electron chi connectivity index (χ2n) is 6.36. The van der Waals surface area contributed by atoms with E-state index in [1.165, 1.54) is 0 Å². The van der Waals surface area contributed by atoms with Gasteiger partial charge >= 0.3 is 0 Å². The molecule has 0 amide bonds. The molecule has 2 aliphatic heterocycles. The monoisotopic (exact) mass is 328 g/mol. The lowest BCUT2D eigenvalue weighted by atomic mass is 9.78. The van der Waals surface area contributed by atoms with Crippen molar-refractivity contribution in [2.24, 2.45) is 23.7 Å². The van der Waals surface area contributed by atoms with Crippen LogP contribution >= 0.6 is 11.8 Å². The Morgan fingerprint density at radius 3 is 3.04 bits per heavy atom. The Balaban J connectivity index is 1.88. The Bertz CT molecular complexity index is 785. The highest BCUT2D eigenvalue weighted by Crippen LogP contribution is 2.47. The number of amidine groups is 1. The van der Waals surface area contributed by atoms with Gasteiger partial charge in [-0.15, -0.1) is 0 Å². The lowest BCUT2D eigenvalue weighted by Gasteiger charge is -2.36. The average Bonchev–Trinajstić information content (AvgIpc) is 2.90. The number of benzene rings is 1. The average molecular weight is 328 g/mol. The molecule has 1 aromatic carbocycles. The van der Waals surface area contributed by atoms with E-state index in [9.17, 15) is 0 Å². The van der Waals surface area contributed by atoms with E-state index < -0.39 is 0 Å². The van der Waals surface area contributed by atoms with Crippen molar-refractivity contribution in [3.8, 4) is 16.9 Å². The summed E-state index contributed by atoms with van der Waals surface area (Å²) in [5.41, 5.74) is 9.09. The number of rotatable bonds is 1. The summed E-state index contributed by atoms with van der Waals surface area (Å²) in [4.78, 5) is 4.83.